The number of hydrogen-bond acceptors (Lipinski definition) is 4. The molecular formula is C13H9N3O. The summed E-state index contributed by atoms with van der Waals surface area (Å²) >= 11 is 0. The van der Waals surface area contributed by atoms with Crippen molar-refractivity contribution in [3.8, 4) is 6.07 Å². The van der Waals surface area contributed by atoms with Gasteiger partial charge in [-0.2, -0.15) is 5.26 Å². The number of nitrogens with zero attached hydrogens (tertiary/aromatic N) is 3. The van der Waals surface area contributed by atoms with Gasteiger partial charge in [0.2, 0.25) is 0 Å². The van der Waals surface area contributed by atoms with Crippen LogP contribution >= 0.6 is 0 Å². The van der Waals surface area contributed by atoms with E-state index in [1.165, 1.54) is 6.33 Å². The molecule has 4 heteroatoms. The predicted molar refractivity (Wildman–Crippen MR) is 61.2 cm³/mol. The van der Waals surface area contributed by atoms with Gasteiger partial charge in [0.05, 0.1) is 23.7 Å². The Bertz CT molecular complexity index is 573. The number of carbonyl (C=O) groups excluding carboxylic acids is 1. The summed E-state index contributed by atoms with van der Waals surface area (Å²) < 4.78 is 0. The summed E-state index contributed by atoms with van der Waals surface area (Å²) in [5, 5.41) is 8.75. The third kappa shape index (κ3) is 2.73. The Morgan fingerprint density at radius 2 is 2.24 bits per heavy atom. The minimum Gasteiger partial charge on any atom is -0.294 e. The van der Waals surface area contributed by atoms with Gasteiger partial charge in [-0.05, 0) is 18.2 Å². The molecule has 0 bridgehead atoms. The lowest BCUT2D eigenvalue weighted by molar-refractivity contribution is 0.0992. The highest BCUT2D eigenvalue weighted by molar-refractivity contribution is 5.97. The van der Waals surface area contributed by atoms with Crippen molar-refractivity contribution in [2.45, 2.75) is 6.42 Å². The van der Waals surface area contributed by atoms with Crippen molar-refractivity contribution in [1.29, 1.82) is 5.26 Å². The minimum absolute atomic E-state index is 0.0548. The van der Waals surface area contributed by atoms with Gasteiger partial charge in [-0.15, -0.1) is 0 Å². The highest BCUT2D eigenvalue weighted by atomic mass is 16.1. The van der Waals surface area contributed by atoms with E-state index in [1.54, 1.807) is 36.5 Å². The van der Waals surface area contributed by atoms with Crippen molar-refractivity contribution in [3.63, 3.8) is 0 Å². The Balaban J connectivity index is 2.18. The SMILES string of the molecule is N#Cc1cccc(C(=O)Cc2ccncn2)c1. The van der Waals surface area contributed by atoms with Crippen molar-refractivity contribution in [3.05, 3.63) is 59.7 Å². The van der Waals surface area contributed by atoms with E-state index in [0.717, 1.165) is 0 Å². The number of hydrogen-bond donors (Lipinski definition) is 0. The molecule has 0 aliphatic rings. The second-order valence-corrected chi connectivity index (χ2v) is 3.49. The Morgan fingerprint density at radius 1 is 1.35 bits per heavy atom. The van der Waals surface area contributed by atoms with Crippen LogP contribution in [0.25, 0.3) is 0 Å². The lowest BCUT2D eigenvalue weighted by atomic mass is 10.0. The second-order valence-electron chi connectivity index (χ2n) is 3.49. The molecule has 0 aliphatic carbocycles. The summed E-state index contributed by atoms with van der Waals surface area (Å²) in [6, 6.07) is 10.4. The van der Waals surface area contributed by atoms with Gasteiger partial charge in [0.25, 0.3) is 0 Å². The van der Waals surface area contributed by atoms with Crippen LogP contribution in [-0.4, -0.2) is 15.8 Å². The summed E-state index contributed by atoms with van der Waals surface area (Å²) in [7, 11) is 0. The van der Waals surface area contributed by atoms with Crippen LogP contribution in [0.3, 0.4) is 0 Å². The molecule has 0 N–H and O–H groups in total. The lowest BCUT2D eigenvalue weighted by Gasteiger charge is -2.00. The molecule has 2 rings (SSSR count). The first-order chi connectivity index (χ1) is 8.29. The smallest absolute Gasteiger partial charge is 0.168 e. The fraction of sp³-hybridized carbons (Fsp3) is 0.0769. The lowest BCUT2D eigenvalue weighted by Crippen LogP contribution is -2.05. The van der Waals surface area contributed by atoms with Crippen LogP contribution in [0.15, 0.2) is 42.9 Å². The third-order valence-corrected chi connectivity index (χ3v) is 2.30. The molecule has 0 amide bonds. The fourth-order valence-electron chi connectivity index (χ4n) is 1.45. The van der Waals surface area contributed by atoms with Crippen LogP contribution in [0, 0.1) is 11.3 Å². The molecule has 0 atom stereocenters. The Morgan fingerprint density at radius 3 is 2.94 bits per heavy atom. The van der Waals surface area contributed by atoms with Crippen LogP contribution in [0.4, 0.5) is 0 Å². The van der Waals surface area contributed by atoms with Gasteiger partial charge in [0.15, 0.2) is 5.78 Å². The van der Waals surface area contributed by atoms with Crippen LogP contribution in [0.2, 0.25) is 0 Å². The summed E-state index contributed by atoms with van der Waals surface area (Å²) in [6.45, 7) is 0. The van der Waals surface area contributed by atoms with E-state index in [2.05, 4.69) is 9.97 Å². The highest BCUT2D eigenvalue weighted by Crippen LogP contribution is 2.08. The first-order valence-corrected chi connectivity index (χ1v) is 5.08. The molecule has 0 saturated heterocycles. The van der Waals surface area contributed by atoms with E-state index < -0.39 is 0 Å². The highest BCUT2D eigenvalue weighted by Gasteiger charge is 2.08. The quantitative estimate of drug-likeness (QED) is 0.744. The molecule has 1 aromatic heterocycles. The number of aromatic nitrogens is 2. The van der Waals surface area contributed by atoms with Gasteiger partial charge < -0.3 is 0 Å². The summed E-state index contributed by atoms with van der Waals surface area (Å²) in [5.74, 6) is -0.0548. The summed E-state index contributed by atoms with van der Waals surface area (Å²) in [4.78, 5) is 19.7. The average Bonchev–Trinajstić information content (AvgIpc) is 2.40. The molecule has 1 aromatic carbocycles. The van der Waals surface area contributed by atoms with Gasteiger partial charge in [-0.1, -0.05) is 12.1 Å². The van der Waals surface area contributed by atoms with Crippen LogP contribution in [0.5, 0.6) is 0 Å². The van der Waals surface area contributed by atoms with Gasteiger partial charge in [-0.3, -0.25) is 4.79 Å². The van der Waals surface area contributed by atoms with E-state index in [0.29, 0.717) is 16.8 Å². The molecule has 4 nitrogen and oxygen atoms in total. The van der Waals surface area contributed by atoms with E-state index in [4.69, 9.17) is 5.26 Å². The van der Waals surface area contributed by atoms with Crippen molar-refractivity contribution < 1.29 is 4.79 Å². The van der Waals surface area contributed by atoms with Gasteiger partial charge in [0, 0.05) is 11.8 Å². The van der Waals surface area contributed by atoms with Crippen LogP contribution in [-0.2, 0) is 6.42 Å². The van der Waals surface area contributed by atoms with Gasteiger partial charge in [0.1, 0.15) is 6.33 Å². The molecule has 2 aromatic rings. The van der Waals surface area contributed by atoms with Crippen molar-refractivity contribution in [1.82, 2.24) is 9.97 Å². The molecule has 1 heterocycles. The molecule has 0 unspecified atom stereocenters. The van der Waals surface area contributed by atoms with Crippen LogP contribution < -0.4 is 0 Å². The summed E-state index contributed by atoms with van der Waals surface area (Å²) in [6.07, 6.45) is 3.23. The molecule has 0 spiro atoms. The summed E-state index contributed by atoms with van der Waals surface area (Å²) in [5.41, 5.74) is 1.69. The zero-order valence-electron chi connectivity index (χ0n) is 9.00. The Labute approximate surface area is 98.6 Å². The number of ketones is 1. The van der Waals surface area contributed by atoms with Gasteiger partial charge in [-0.25, -0.2) is 9.97 Å². The Hall–Kier alpha value is -2.54. The number of rotatable bonds is 3. The first-order valence-electron chi connectivity index (χ1n) is 5.08. The van der Waals surface area contributed by atoms with E-state index in [-0.39, 0.29) is 12.2 Å². The predicted octanol–water partition coefficient (Wildman–Crippen LogP) is 1.77. The zero-order chi connectivity index (χ0) is 12.1. The zero-order valence-corrected chi connectivity index (χ0v) is 9.00. The maximum atomic E-state index is 11.9. The Kier molecular flexibility index (Phi) is 3.22. The minimum atomic E-state index is -0.0548. The van der Waals surface area contributed by atoms with Crippen molar-refractivity contribution in [2.24, 2.45) is 0 Å². The van der Waals surface area contributed by atoms with E-state index in [9.17, 15) is 4.79 Å². The number of Topliss-reactive ketones (excluding diaryl/α,β-unsaturated/α-hetero) is 1. The molecule has 0 aliphatic heterocycles. The molecule has 0 saturated carbocycles. The molecule has 17 heavy (non-hydrogen) atoms. The third-order valence-electron chi connectivity index (χ3n) is 2.30. The fourth-order valence-corrected chi connectivity index (χ4v) is 1.45. The van der Waals surface area contributed by atoms with Gasteiger partial charge >= 0.3 is 0 Å². The van der Waals surface area contributed by atoms with Crippen molar-refractivity contribution in [2.75, 3.05) is 0 Å². The largest absolute Gasteiger partial charge is 0.294 e. The standard InChI is InChI=1S/C13H9N3O/c14-8-10-2-1-3-11(6-10)13(17)7-12-4-5-15-9-16-12/h1-6,9H,7H2. The van der Waals surface area contributed by atoms with Crippen molar-refractivity contribution >= 4 is 5.78 Å². The molecule has 0 fully saturated rings. The van der Waals surface area contributed by atoms with E-state index >= 15 is 0 Å². The number of benzene rings is 1. The molecular weight excluding hydrogens is 214 g/mol. The number of carbonyl (C=O) groups is 1. The topological polar surface area (TPSA) is 66.6 Å². The van der Waals surface area contributed by atoms with Crippen LogP contribution in [0.1, 0.15) is 21.6 Å². The normalized spacial score (nSPS) is 9.59. The maximum absolute atomic E-state index is 11.9. The van der Waals surface area contributed by atoms with E-state index in [1.807, 2.05) is 6.07 Å². The second kappa shape index (κ2) is 4.99. The molecule has 82 valence electrons. The number of nitriles is 1. The maximum Gasteiger partial charge on any atom is 0.168 e. The monoisotopic (exact) mass is 223 g/mol. The molecule has 0 radical (unpaired) electrons. The average molecular weight is 223 g/mol. The first kappa shape index (κ1) is 11.0.